The first-order valence-electron chi connectivity index (χ1n) is 8.54. The molecule has 7 heteroatoms. The fourth-order valence-electron chi connectivity index (χ4n) is 3.27. The SMILES string of the molecule is N#Cc1c(N2CCN(c3ccccc3Cl)CC2)cc(-c2cccs2)oc1=O. The Hall–Kier alpha value is -2.75. The number of rotatable bonds is 3. The lowest BCUT2D eigenvalue weighted by Crippen LogP contribution is -2.47. The van der Waals surface area contributed by atoms with Crippen LogP contribution >= 0.6 is 22.9 Å². The molecule has 1 fully saturated rings. The van der Waals surface area contributed by atoms with E-state index in [1.54, 1.807) is 6.07 Å². The number of benzene rings is 1. The fraction of sp³-hybridized carbons (Fsp3) is 0.200. The van der Waals surface area contributed by atoms with Crippen LogP contribution in [0.3, 0.4) is 0 Å². The van der Waals surface area contributed by atoms with Crippen LogP contribution in [-0.2, 0) is 0 Å². The highest BCUT2D eigenvalue weighted by atomic mass is 35.5. The summed E-state index contributed by atoms with van der Waals surface area (Å²) in [5, 5.41) is 12.1. The molecule has 0 amide bonds. The van der Waals surface area contributed by atoms with Gasteiger partial charge in [0.1, 0.15) is 6.07 Å². The molecule has 0 N–H and O–H groups in total. The summed E-state index contributed by atoms with van der Waals surface area (Å²) in [5.41, 5.74) is 1.11. The predicted molar refractivity (Wildman–Crippen MR) is 109 cm³/mol. The molecule has 136 valence electrons. The summed E-state index contributed by atoms with van der Waals surface area (Å²) in [6.45, 7) is 2.88. The zero-order valence-corrected chi connectivity index (χ0v) is 16.0. The summed E-state index contributed by atoms with van der Waals surface area (Å²) in [5.74, 6) is 0.498. The molecule has 0 atom stereocenters. The van der Waals surface area contributed by atoms with Crippen molar-refractivity contribution in [2.75, 3.05) is 36.0 Å². The van der Waals surface area contributed by atoms with E-state index in [9.17, 15) is 10.1 Å². The lowest BCUT2D eigenvalue weighted by Gasteiger charge is -2.37. The summed E-state index contributed by atoms with van der Waals surface area (Å²) in [6.07, 6.45) is 0. The minimum absolute atomic E-state index is 0.0569. The molecule has 2 aromatic heterocycles. The second-order valence-corrected chi connectivity index (χ2v) is 7.53. The molecule has 3 aromatic rings. The van der Waals surface area contributed by atoms with Gasteiger partial charge in [0.25, 0.3) is 0 Å². The van der Waals surface area contributed by atoms with E-state index in [2.05, 4.69) is 9.80 Å². The Morgan fingerprint density at radius 2 is 1.74 bits per heavy atom. The largest absolute Gasteiger partial charge is 0.421 e. The molecule has 0 radical (unpaired) electrons. The van der Waals surface area contributed by atoms with E-state index in [1.165, 1.54) is 11.3 Å². The van der Waals surface area contributed by atoms with E-state index in [4.69, 9.17) is 16.0 Å². The lowest BCUT2D eigenvalue weighted by molar-refractivity contribution is 0.523. The van der Waals surface area contributed by atoms with Gasteiger partial charge in [0, 0.05) is 32.2 Å². The fourth-order valence-corrected chi connectivity index (χ4v) is 4.20. The Morgan fingerprint density at radius 1 is 1.04 bits per heavy atom. The molecule has 27 heavy (non-hydrogen) atoms. The number of para-hydroxylation sites is 1. The first kappa shape index (κ1) is 17.7. The maximum Gasteiger partial charge on any atom is 0.356 e. The van der Waals surface area contributed by atoms with Crippen molar-refractivity contribution < 1.29 is 4.42 Å². The standard InChI is InChI=1S/C20H16ClN3O2S/c21-15-4-1-2-5-16(15)23-7-9-24(10-8-23)17-12-18(19-6-3-11-27-19)26-20(25)14(17)13-22/h1-6,11-12H,7-10H2. The molecule has 4 rings (SSSR count). The summed E-state index contributed by atoms with van der Waals surface area (Å²) in [4.78, 5) is 17.5. The number of nitrogens with zero attached hydrogens (tertiary/aromatic N) is 3. The molecular weight excluding hydrogens is 382 g/mol. The number of halogens is 1. The van der Waals surface area contributed by atoms with Gasteiger partial charge in [0.05, 0.1) is 21.3 Å². The number of piperazine rings is 1. The summed E-state index contributed by atoms with van der Waals surface area (Å²) < 4.78 is 5.36. The van der Waals surface area contributed by atoms with E-state index in [-0.39, 0.29) is 5.56 Å². The monoisotopic (exact) mass is 397 g/mol. The van der Waals surface area contributed by atoms with Crippen molar-refractivity contribution in [1.29, 1.82) is 5.26 Å². The molecule has 1 aliphatic rings. The average Bonchev–Trinajstić information content (AvgIpc) is 3.23. The molecular formula is C20H16ClN3O2S. The Balaban J connectivity index is 1.62. The van der Waals surface area contributed by atoms with Gasteiger partial charge in [-0.05, 0) is 23.6 Å². The number of nitriles is 1. The molecule has 1 aromatic carbocycles. The minimum Gasteiger partial charge on any atom is -0.421 e. The second kappa shape index (κ2) is 7.47. The summed E-state index contributed by atoms with van der Waals surface area (Å²) >= 11 is 7.80. The van der Waals surface area contributed by atoms with Gasteiger partial charge in [-0.2, -0.15) is 5.26 Å². The van der Waals surface area contributed by atoms with Crippen LogP contribution in [0.25, 0.3) is 10.6 Å². The van der Waals surface area contributed by atoms with E-state index < -0.39 is 5.63 Å². The topological polar surface area (TPSA) is 60.5 Å². The van der Waals surface area contributed by atoms with E-state index >= 15 is 0 Å². The van der Waals surface area contributed by atoms with Gasteiger partial charge in [-0.15, -0.1) is 11.3 Å². The van der Waals surface area contributed by atoms with Gasteiger partial charge in [0.15, 0.2) is 11.3 Å². The predicted octanol–water partition coefficient (Wildman–Crippen LogP) is 4.22. The van der Waals surface area contributed by atoms with Crippen LogP contribution < -0.4 is 15.4 Å². The van der Waals surface area contributed by atoms with Crippen molar-refractivity contribution >= 4 is 34.3 Å². The van der Waals surface area contributed by atoms with E-state index in [1.807, 2.05) is 47.8 Å². The first-order chi connectivity index (χ1) is 13.2. The van der Waals surface area contributed by atoms with Crippen LogP contribution in [0.1, 0.15) is 5.56 Å². The molecule has 5 nitrogen and oxygen atoms in total. The quantitative estimate of drug-likeness (QED) is 0.662. The number of anilines is 2. The number of hydrogen-bond acceptors (Lipinski definition) is 6. The maximum absolute atomic E-state index is 12.3. The van der Waals surface area contributed by atoms with Crippen molar-refractivity contribution in [3.05, 3.63) is 68.9 Å². The average molecular weight is 398 g/mol. The molecule has 0 spiro atoms. The Morgan fingerprint density at radius 3 is 2.37 bits per heavy atom. The minimum atomic E-state index is -0.591. The Bertz CT molecular complexity index is 1050. The van der Waals surface area contributed by atoms with Gasteiger partial charge in [-0.3, -0.25) is 0 Å². The van der Waals surface area contributed by atoms with Gasteiger partial charge in [0.2, 0.25) is 0 Å². The zero-order chi connectivity index (χ0) is 18.8. The molecule has 0 saturated carbocycles. The highest BCUT2D eigenvalue weighted by molar-refractivity contribution is 7.13. The normalized spacial score (nSPS) is 14.2. The third-order valence-corrected chi connectivity index (χ3v) is 5.82. The zero-order valence-electron chi connectivity index (χ0n) is 14.4. The van der Waals surface area contributed by atoms with Gasteiger partial charge < -0.3 is 14.2 Å². The molecule has 0 bridgehead atoms. The molecule has 0 aliphatic carbocycles. The molecule has 0 unspecified atom stereocenters. The van der Waals surface area contributed by atoms with Crippen LogP contribution in [-0.4, -0.2) is 26.2 Å². The summed E-state index contributed by atoms with van der Waals surface area (Å²) in [6, 6.07) is 15.4. The maximum atomic E-state index is 12.3. The van der Waals surface area contributed by atoms with Crippen molar-refractivity contribution in [3.8, 4) is 16.7 Å². The van der Waals surface area contributed by atoms with Gasteiger partial charge >= 0.3 is 5.63 Å². The van der Waals surface area contributed by atoms with Crippen molar-refractivity contribution in [2.45, 2.75) is 0 Å². The van der Waals surface area contributed by atoms with Crippen LogP contribution in [0.4, 0.5) is 11.4 Å². The first-order valence-corrected chi connectivity index (χ1v) is 9.79. The van der Waals surface area contributed by atoms with Crippen LogP contribution in [0.5, 0.6) is 0 Å². The lowest BCUT2D eigenvalue weighted by atomic mass is 10.1. The van der Waals surface area contributed by atoms with Crippen LogP contribution in [0, 0.1) is 11.3 Å². The van der Waals surface area contributed by atoms with Crippen LogP contribution in [0.15, 0.2) is 57.1 Å². The smallest absolute Gasteiger partial charge is 0.356 e. The number of hydrogen-bond donors (Lipinski definition) is 0. The van der Waals surface area contributed by atoms with Crippen LogP contribution in [0.2, 0.25) is 5.02 Å². The summed E-state index contributed by atoms with van der Waals surface area (Å²) in [7, 11) is 0. The second-order valence-electron chi connectivity index (χ2n) is 6.17. The van der Waals surface area contributed by atoms with E-state index in [0.717, 1.165) is 28.7 Å². The Kier molecular flexibility index (Phi) is 4.88. The van der Waals surface area contributed by atoms with Gasteiger partial charge in [-0.1, -0.05) is 29.8 Å². The number of thiophene rings is 1. The third kappa shape index (κ3) is 3.44. The molecule has 3 heterocycles. The van der Waals surface area contributed by atoms with Crippen molar-refractivity contribution in [2.24, 2.45) is 0 Å². The molecule has 1 saturated heterocycles. The highest BCUT2D eigenvalue weighted by Gasteiger charge is 2.23. The van der Waals surface area contributed by atoms with Crippen molar-refractivity contribution in [1.82, 2.24) is 0 Å². The van der Waals surface area contributed by atoms with E-state index in [0.29, 0.717) is 24.5 Å². The van der Waals surface area contributed by atoms with Gasteiger partial charge in [-0.25, -0.2) is 4.79 Å². The third-order valence-electron chi connectivity index (χ3n) is 4.62. The van der Waals surface area contributed by atoms with Crippen molar-refractivity contribution in [3.63, 3.8) is 0 Å². The highest BCUT2D eigenvalue weighted by Crippen LogP contribution is 2.31. The Labute approximate surface area is 165 Å². The molecule has 1 aliphatic heterocycles.